The molecule has 140 valence electrons. The van der Waals surface area contributed by atoms with Crippen LogP contribution in [-0.2, 0) is 11.2 Å². The van der Waals surface area contributed by atoms with Gasteiger partial charge in [-0.2, -0.15) is 0 Å². The Kier molecular flexibility index (Phi) is 7.31. The largest absolute Gasteiger partial charge is 0.395 e. The predicted octanol–water partition coefficient (Wildman–Crippen LogP) is -0.140. The summed E-state index contributed by atoms with van der Waals surface area (Å²) >= 11 is 0. The van der Waals surface area contributed by atoms with Crippen LogP contribution in [0.1, 0.15) is 18.9 Å². The van der Waals surface area contributed by atoms with Gasteiger partial charge >= 0.3 is 0 Å². The molecule has 0 aromatic heterocycles. The highest BCUT2D eigenvalue weighted by Gasteiger charge is 2.46. The van der Waals surface area contributed by atoms with Crippen molar-refractivity contribution in [2.24, 2.45) is 0 Å². The van der Waals surface area contributed by atoms with E-state index >= 15 is 0 Å². The van der Waals surface area contributed by atoms with E-state index in [9.17, 15) is 24.5 Å². The van der Waals surface area contributed by atoms with Crippen LogP contribution in [-0.4, -0.2) is 76.3 Å². The molecule has 0 bridgehead atoms. The van der Waals surface area contributed by atoms with Gasteiger partial charge in [0.05, 0.1) is 12.6 Å². The highest BCUT2D eigenvalue weighted by molar-refractivity contribution is 5.83. The van der Waals surface area contributed by atoms with Crippen LogP contribution in [0.4, 0.5) is 4.39 Å². The van der Waals surface area contributed by atoms with E-state index in [0.29, 0.717) is 13.1 Å². The second-order valence-electron chi connectivity index (χ2n) is 6.37. The molecule has 0 unspecified atom stereocenters. The van der Waals surface area contributed by atoms with Crippen molar-refractivity contribution in [2.75, 3.05) is 19.7 Å². The molecule has 25 heavy (non-hydrogen) atoms. The maximum absolute atomic E-state index is 14.0. The van der Waals surface area contributed by atoms with E-state index in [1.807, 2.05) is 37.3 Å². The summed E-state index contributed by atoms with van der Waals surface area (Å²) < 4.78 is 14.0. The second-order valence-corrected chi connectivity index (χ2v) is 6.37. The van der Waals surface area contributed by atoms with Crippen molar-refractivity contribution in [1.29, 1.82) is 0 Å². The van der Waals surface area contributed by atoms with Crippen molar-refractivity contribution in [3.05, 3.63) is 35.9 Å². The zero-order chi connectivity index (χ0) is 18.4. The fourth-order valence-corrected chi connectivity index (χ4v) is 3.15. The summed E-state index contributed by atoms with van der Waals surface area (Å²) in [6.07, 6.45) is -3.60. The Morgan fingerprint density at radius 3 is 2.52 bits per heavy atom. The molecule has 1 amide bonds. The van der Waals surface area contributed by atoms with Gasteiger partial charge in [-0.3, -0.25) is 10.1 Å². The summed E-state index contributed by atoms with van der Waals surface area (Å²) in [5, 5.41) is 31.6. The van der Waals surface area contributed by atoms with Gasteiger partial charge in [0.15, 0.2) is 6.17 Å². The number of piperidine rings is 1. The molecule has 1 aromatic carbocycles. The first-order chi connectivity index (χ1) is 12.0. The fraction of sp³-hybridized carbons (Fsp3) is 0.611. The minimum Gasteiger partial charge on any atom is -0.395 e. The molecule has 4 N–H and O–H groups in total. The Labute approximate surface area is 147 Å². The second kappa shape index (κ2) is 9.24. The zero-order valence-electron chi connectivity index (χ0n) is 14.4. The van der Waals surface area contributed by atoms with E-state index in [1.54, 1.807) is 4.90 Å². The Morgan fingerprint density at radius 1 is 1.24 bits per heavy atom. The molecule has 0 aliphatic carbocycles. The van der Waals surface area contributed by atoms with Crippen LogP contribution in [0.2, 0.25) is 0 Å². The van der Waals surface area contributed by atoms with Gasteiger partial charge in [-0.05, 0) is 25.3 Å². The lowest BCUT2D eigenvalue weighted by molar-refractivity contribution is -0.146. The summed E-state index contributed by atoms with van der Waals surface area (Å²) in [6.45, 7) is 2.22. The molecular weight excluding hydrogens is 327 g/mol. The third kappa shape index (κ3) is 4.76. The monoisotopic (exact) mass is 354 g/mol. The first-order valence-corrected chi connectivity index (χ1v) is 8.69. The van der Waals surface area contributed by atoms with Gasteiger partial charge in [0.25, 0.3) is 0 Å². The van der Waals surface area contributed by atoms with Gasteiger partial charge in [0.1, 0.15) is 18.2 Å². The molecule has 2 rings (SSSR count). The highest BCUT2D eigenvalue weighted by Crippen LogP contribution is 2.20. The number of hydrogen-bond donors (Lipinski definition) is 4. The lowest BCUT2D eigenvalue weighted by Gasteiger charge is -2.40. The van der Waals surface area contributed by atoms with Crippen LogP contribution >= 0.6 is 0 Å². The van der Waals surface area contributed by atoms with E-state index in [0.717, 1.165) is 12.8 Å². The lowest BCUT2D eigenvalue weighted by Crippen LogP contribution is -2.68. The van der Waals surface area contributed by atoms with Gasteiger partial charge in [0, 0.05) is 13.1 Å². The molecule has 5 atom stereocenters. The number of nitrogens with one attached hydrogen (secondary N) is 1. The molecule has 7 heteroatoms. The molecule has 0 saturated carbocycles. The third-order valence-electron chi connectivity index (χ3n) is 4.69. The van der Waals surface area contributed by atoms with Crippen LogP contribution in [0.25, 0.3) is 0 Å². The van der Waals surface area contributed by atoms with E-state index in [4.69, 9.17) is 0 Å². The van der Waals surface area contributed by atoms with Crippen molar-refractivity contribution in [1.82, 2.24) is 10.2 Å². The Bertz CT molecular complexity index is 543. The van der Waals surface area contributed by atoms with E-state index < -0.39 is 43.0 Å². The number of benzene rings is 1. The van der Waals surface area contributed by atoms with E-state index in [2.05, 4.69) is 5.32 Å². The average molecular weight is 354 g/mol. The third-order valence-corrected chi connectivity index (χ3v) is 4.69. The van der Waals surface area contributed by atoms with Gasteiger partial charge in [-0.15, -0.1) is 0 Å². The molecule has 1 aromatic rings. The van der Waals surface area contributed by atoms with Crippen LogP contribution < -0.4 is 5.32 Å². The molecule has 1 heterocycles. The molecule has 1 aliphatic rings. The summed E-state index contributed by atoms with van der Waals surface area (Å²) in [6, 6.07) is 7.75. The van der Waals surface area contributed by atoms with Crippen LogP contribution in [0, 0.1) is 0 Å². The number of rotatable bonds is 7. The summed E-state index contributed by atoms with van der Waals surface area (Å²) in [5.74, 6) is -0.420. The first kappa shape index (κ1) is 19.8. The van der Waals surface area contributed by atoms with Crippen molar-refractivity contribution in [2.45, 2.75) is 50.2 Å². The maximum Gasteiger partial charge on any atom is 0.242 e. The molecule has 0 spiro atoms. The number of aryl methyl sites for hydroxylation is 1. The first-order valence-electron chi connectivity index (χ1n) is 8.69. The fourth-order valence-electron chi connectivity index (χ4n) is 3.15. The van der Waals surface area contributed by atoms with Gasteiger partial charge in [-0.25, -0.2) is 4.39 Å². The van der Waals surface area contributed by atoms with Gasteiger partial charge < -0.3 is 20.2 Å². The number of amides is 1. The highest BCUT2D eigenvalue weighted by atomic mass is 19.1. The van der Waals surface area contributed by atoms with Gasteiger partial charge in [-0.1, -0.05) is 30.3 Å². The lowest BCUT2D eigenvalue weighted by atomic mass is 9.90. The normalized spacial score (nSPS) is 29.4. The molecule has 0 radical (unpaired) electrons. The Balaban J connectivity index is 1.95. The SMILES string of the molecule is CCN(CCCc1ccccc1)C(=O)[C@H]1N[C@H](CO)[C@@H](O)[C@H](F)[C@@H]1O. The molecule has 1 saturated heterocycles. The van der Waals surface area contributed by atoms with Crippen LogP contribution in [0.3, 0.4) is 0 Å². The van der Waals surface area contributed by atoms with Crippen molar-refractivity contribution >= 4 is 5.91 Å². The number of nitrogens with zero attached hydrogens (tertiary/aromatic N) is 1. The summed E-state index contributed by atoms with van der Waals surface area (Å²) in [4.78, 5) is 14.2. The predicted molar refractivity (Wildman–Crippen MR) is 91.7 cm³/mol. The number of halogens is 1. The minimum atomic E-state index is -1.98. The molecule has 1 fully saturated rings. The number of aliphatic hydroxyl groups is 3. The number of hydrogen-bond acceptors (Lipinski definition) is 5. The number of aliphatic hydroxyl groups excluding tert-OH is 3. The Hall–Kier alpha value is -1.54. The molecule has 1 aliphatic heterocycles. The smallest absolute Gasteiger partial charge is 0.242 e. The van der Waals surface area contributed by atoms with E-state index in [1.165, 1.54) is 5.56 Å². The van der Waals surface area contributed by atoms with Crippen LogP contribution in [0.5, 0.6) is 0 Å². The van der Waals surface area contributed by atoms with Crippen LogP contribution in [0.15, 0.2) is 30.3 Å². The summed E-state index contributed by atoms with van der Waals surface area (Å²) in [7, 11) is 0. The van der Waals surface area contributed by atoms with Crippen molar-refractivity contribution < 1.29 is 24.5 Å². The Morgan fingerprint density at radius 2 is 1.92 bits per heavy atom. The minimum absolute atomic E-state index is 0.420. The van der Waals surface area contributed by atoms with Crippen molar-refractivity contribution in [3.8, 4) is 0 Å². The van der Waals surface area contributed by atoms with E-state index in [-0.39, 0.29) is 0 Å². The number of carbonyl (C=O) groups excluding carboxylic acids is 1. The number of alkyl halides is 1. The number of carbonyl (C=O) groups is 1. The summed E-state index contributed by atoms with van der Waals surface area (Å²) in [5.41, 5.74) is 1.18. The van der Waals surface area contributed by atoms with Crippen molar-refractivity contribution in [3.63, 3.8) is 0 Å². The molecule has 6 nitrogen and oxygen atoms in total. The molecular formula is C18H27FN2O4. The quantitative estimate of drug-likeness (QED) is 0.547. The maximum atomic E-state index is 14.0. The topological polar surface area (TPSA) is 93.0 Å². The van der Waals surface area contributed by atoms with Gasteiger partial charge in [0.2, 0.25) is 5.91 Å². The zero-order valence-corrected chi connectivity index (χ0v) is 14.4. The standard InChI is InChI=1S/C18H27FN2O4/c1-2-21(10-6-9-12-7-4-3-5-8-12)18(25)15-17(24)14(19)16(23)13(11-22)20-15/h3-5,7-8,13-17,20,22-24H,2,6,9-11H2,1H3/t13-,14+,15+,16-,17+/m1/s1. The average Bonchev–Trinajstić information content (AvgIpc) is 2.64. The number of likely N-dealkylation sites (N-methyl/N-ethyl adjacent to an activating group) is 1.